The highest BCUT2D eigenvalue weighted by Crippen LogP contribution is 2.50. The van der Waals surface area contributed by atoms with E-state index < -0.39 is 0 Å². The standard InChI is InChI=1S/C21H23BrClNS/c1-13-9-18(14(2)8-17(13)23)25-19-10-16-12-24(21(19)20(16)22)11-15-6-4-3-5-7-15/h3-9,16,19-21H,10-12H2,1-2H3/t16-,19+,20-,21+/m0/s1. The summed E-state index contributed by atoms with van der Waals surface area (Å²) in [7, 11) is 0. The Balaban J connectivity index is 1.53. The molecule has 0 spiro atoms. The number of benzene rings is 2. The predicted octanol–water partition coefficient (Wildman–Crippen LogP) is 6.09. The van der Waals surface area contributed by atoms with Crippen molar-refractivity contribution in [1.29, 1.82) is 0 Å². The zero-order chi connectivity index (χ0) is 17.6. The quantitative estimate of drug-likeness (QED) is 0.534. The molecule has 0 amide bonds. The topological polar surface area (TPSA) is 3.24 Å². The van der Waals surface area contributed by atoms with Crippen LogP contribution in [-0.4, -0.2) is 27.6 Å². The summed E-state index contributed by atoms with van der Waals surface area (Å²) >= 11 is 12.3. The number of nitrogens with zero attached hydrogens (tertiary/aromatic N) is 1. The molecule has 4 heteroatoms. The lowest BCUT2D eigenvalue weighted by Crippen LogP contribution is -2.40. The summed E-state index contributed by atoms with van der Waals surface area (Å²) in [5, 5.41) is 1.52. The summed E-state index contributed by atoms with van der Waals surface area (Å²) in [5.41, 5.74) is 3.88. The fourth-order valence-electron chi connectivity index (χ4n) is 4.24. The molecule has 1 aliphatic carbocycles. The number of hydrogen-bond donors (Lipinski definition) is 0. The summed E-state index contributed by atoms with van der Waals surface area (Å²) in [6.45, 7) is 6.54. The van der Waals surface area contributed by atoms with E-state index in [1.807, 2.05) is 0 Å². The van der Waals surface area contributed by atoms with E-state index in [1.165, 1.54) is 34.6 Å². The molecule has 1 aliphatic heterocycles. The average molecular weight is 437 g/mol. The van der Waals surface area contributed by atoms with Crippen molar-refractivity contribution >= 4 is 39.3 Å². The molecular weight excluding hydrogens is 414 g/mol. The molecule has 2 aromatic rings. The third-order valence-corrected chi connectivity index (χ3v) is 8.71. The second-order valence-electron chi connectivity index (χ2n) is 7.37. The summed E-state index contributed by atoms with van der Waals surface area (Å²) in [6.07, 6.45) is 1.30. The first-order valence-electron chi connectivity index (χ1n) is 8.88. The summed E-state index contributed by atoms with van der Waals surface area (Å²) in [5.74, 6) is 0.764. The van der Waals surface area contributed by atoms with Crippen LogP contribution in [0.3, 0.4) is 0 Å². The Morgan fingerprint density at radius 2 is 1.92 bits per heavy atom. The lowest BCUT2D eigenvalue weighted by molar-refractivity contribution is 0.211. The van der Waals surface area contributed by atoms with E-state index >= 15 is 0 Å². The molecule has 1 saturated carbocycles. The van der Waals surface area contributed by atoms with Crippen molar-refractivity contribution in [1.82, 2.24) is 4.90 Å². The Hall–Kier alpha value is -0.480. The normalized spacial score (nSPS) is 28.6. The van der Waals surface area contributed by atoms with Gasteiger partial charge in [-0.1, -0.05) is 57.9 Å². The Morgan fingerprint density at radius 3 is 2.64 bits per heavy atom. The highest BCUT2D eigenvalue weighted by Gasteiger charge is 2.51. The first kappa shape index (κ1) is 17.9. The van der Waals surface area contributed by atoms with Gasteiger partial charge in [-0.15, -0.1) is 11.8 Å². The maximum Gasteiger partial charge on any atom is 0.0438 e. The SMILES string of the molecule is Cc1cc(S[C@@H]2C[C@H]3CN(Cc4ccccc4)[C@H]2[C@H]3Br)c(C)cc1Cl. The van der Waals surface area contributed by atoms with Gasteiger partial charge in [0.2, 0.25) is 0 Å². The first-order valence-corrected chi connectivity index (χ1v) is 11.1. The molecule has 0 unspecified atom stereocenters. The third kappa shape index (κ3) is 3.53. The molecule has 4 rings (SSSR count). The van der Waals surface area contributed by atoms with Gasteiger partial charge in [-0.25, -0.2) is 0 Å². The fraction of sp³-hybridized carbons (Fsp3) is 0.429. The van der Waals surface area contributed by atoms with Gasteiger partial charge < -0.3 is 0 Å². The number of thioether (sulfide) groups is 1. The van der Waals surface area contributed by atoms with Crippen LogP contribution >= 0.6 is 39.3 Å². The van der Waals surface area contributed by atoms with E-state index in [0.717, 1.165) is 17.5 Å². The lowest BCUT2D eigenvalue weighted by Gasteiger charge is -2.33. The summed E-state index contributed by atoms with van der Waals surface area (Å²) < 4.78 is 0. The second-order valence-corrected chi connectivity index (χ2v) is 10.1. The van der Waals surface area contributed by atoms with Crippen molar-refractivity contribution in [3.63, 3.8) is 0 Å². The van der Waals surface area contributed by atoms with E-state index in [0.29, 0.717) is 16.1 Å². The average Bonchev–Trinajstić information content (AvgIpc) is 3.04. The van der Waals surface area contributed by atoms with Crippen molar-refractivity contribution < 1.29 is 0 Å². The zero-order valence-corrected chi connectivity index (χ0v) is 17.7. The number of aryl methyl sites for hydroxylation is 2. The van der Waals surface area contributed by atoms with Gasteiger partial charge in [-0.2, -0.15) is 0 Å². The largest absolute Gasteiger partial charge is 0.294 e. The van der Waals surface area contributed by atoms with Crippen LogP contribution in [0.15, 0.2) is 47.4 Å². The van der Waals surface area contributed by atoms with Gasteiger partial charge in [0.1, 0.15) is 0 Å². The molecule has 1 nitrogen and oxygen atoms in total. The highest BCUT2D eigenvalue weighted by molar-refractivity contribution is 9.09. The molecule has 1 saturated heterocycles. The first-order chi connectivity index (χ1) is 12.0. The van der Waals surface area contributed by atoms with Gasteiger partial charge >= 0.3 is 0 Å². The van der Waals surface area contributed by atoms with E-state index in [1.54, 1.807) is 0 Å². The van der Waals surface area contributed by atoms with Crippen LogP contribution in [-0.2, 0) is 6.54 Å². The molecule has 2 aromatic carbocycles. The monoisotopic (exact) mass is 435 g/mol. The number of piperidine rings is 1. The molecule has 2 fully saturated rings. The van der Waals surface area contributed by atoms with Crippen LogP contribution in [0.5, 0.6) is 0 Å². The van der Waals surface area contributed by atoms with Gasteiger partial charge in [-0.3, -0.25) is 4.90 Å². The number of alkyl halides is 1. The second kappa shape index (κ2) is 7.26. The molecule has 1 heterocycles. The van der Waals surface area contributed by atoms with Crippen molar-refractivity contribution in [3.8, 4) is 0 Å². The van der Waals surface area contributed by atoms with Gasteiger partial charge in [-0.05, 0) is 55.0 Å². The molecule has 2 bridgehead atoms. The van der Waals surface area contributed by atoms with Gasteiger partial charge in [0.25, 0.3) is 0 Å². The Bertz CT molecular complexity index is 766. The molecular formula is C21H23BrClNS. The fourth-order valence-corrected chi connectivity index (χ4v) is 7.38. The zero-order valence-electron chi connectivity index (χ0n) is 14.6. The van der Waals surface area contributed by atoms with Crippen molar-refractivity contribution in [2.45, 2.75) is 47.8 Å². The predicted molar refractivity (Wildman–Crippen MR) is 112 cm³/mol. The number of halogens is 2. The van der Waals surface area contributed by atoms with Crippen LogP contribution in [0.1, 0.15) is 23.1 Å². The third-order valence-electron chi connectivity index (χ3n) is 5.55. The maximum absolute atomic E-state index is 6.28. The van der Waals surface area contributed by atoms with Crippen LogP contribution < -0.4 is 0 Å². The van der Waals surface area contributed by atoms with Gasteiger partial charge in [0.05, 0.1) is 0 Å². The van der Waals surface area contributed by atoms with E-state index in [-0.39, 0.29) is 0 Å². The minimum absolute atomic E-state index is 0.602. The molecule has 25 heavy (non-hydrogen) atoms. The van der Waals surface area contributed by atoms with Crippen LogP contribution in [0.25, 0.3) is 0 Å². The molecule has 2 aliphatic rings. The lowest BCUT2D eigenvalue weighted by atomic mass is 10.1. The minimum Gasteiger partial charge on any atom is -0.294 e. The van der Waals surface area contributed by atoms with Crippen molar-refractivity contribution in [2.75, 3.05) is 6.54 Å². The Morgan fingerprint density at radius 1 is 1.16 bits per heavy atom. The summed E-state index contributed by atoms with van der Waals surface area (Å²) in [4.78, 5) is 4.68. The van der Waals surface area contributed by atoms with Crippen LogP contribution in [0, 0.1) is 19.8 Å². The molecule has 0 N–H and O–H groups in total. The number of hydrogen-bond acceptors (Lipinski definition) is 2. The molecule has 0 aromatic heterocycles. The van der Waals surface area contributed by atoms with Crippen LogP contribution in [0.4, 0.5) is 0 Å². The van der Waals surface area contributed by atoms with Crippen molar-refractivity contribution in [3.05, 3.63) is 64.2 Å². The van der Waals surface area contributed by atoms with E-state index in [4.69, 9.17) is 11.6 Å². The number of rotatable bonds is 4. The van der Waals surface area contributed by atoms with Gasteiger partial charge in [0.15, 0.2) is 0 Å². The molecule has 4 atom stereocenters. The smallest absolute Gasteiger partial charge is 0.0438 e. The Kier molecular flexibility index (Phi) is 5.20. The Labute approximate surface area is 168 Å². The minimum atomic E-state index is 0.602. The number of likely N-dealkylation sites (tertiary alicyclic amines) is 1. The maximum atomic E-state index is 6.28. The molecule has 132 valence electrons. The van der Waals surface area contributed by atoms with Crippen molar-refractivity contribution in [2.24, 2.45) is 5.92 Å². The summed E-state index contributed by atoms with van der Waals surface area (Å²) in [6, 6.07) is 15.8. The van der Waals surface area contributed by atoms with Gasteiger partial charge in [0, 0.05) is 39.1 Å². The van der Waals surface area contributed by atoms with Crippen LogP contribution in [0.2, 0.25) is 5.02 Å². The number of fused-ring (bicyclic) bond motifs is 2. The van der Waals surface area contributed by atoms with E-state index in [9.17, 15) is 0 Å². The van der Waals surface area contributed by atoms with E-state index in [2.05, 4.69) is 88.9 Å². The highest BCUT2D eigenvalue weighted by atomic mass is 79.9. The molecule has 0 radical (unpaired) electrons.